The van der Waals surface area contributed by atoms with E-state index in [0.29, 0.717) is 6.54 Å². The Bertz CT molecular complexity index is 326. The molecule has 2 rings (SSSR count). The lowest BCUT2D eigenvalue weighted by Gasteiger charge is -2.29. The van der Waals surface area contributed by atoms with Gasteiger partial charge in [0.15, 0.2) is 0 Å². The van der Waals surface area contributed by atoms with Crippen molar-refractivity contribution in [3.63, 3.8) is 0 Å². The predicted molar refractivity (Wildman–Crippen MR) is 69.1 cm³/mol. The Morgan fingerprint density at radius 2 is 1.94 bits per heavy atom. The topological polar surface area (TPSA) is 61.4 Å². The van der Waals surface area contributed by atoms with Crippen LogP contribution >= 0.6 is 0 Å². The van der Waals surface area contributed by atoms with E-state index in [9.17, 15) is 9.59 Å². The highest BCUT2D eigenvalue weighted by atomic mass is 16.2. The van der Waals surface area contributed by atoms with Crippen molar-refractivity contribution in [2.75, 3.05) is 13.1 Å². The molecule has 0 radical (unpaired) electrons. The Hall–Kier alpha value is -1.26. The zero-order valence-electron chi connectivity index (χ0n) is 11.2. The molecule has 2 fully saturated rings. The van der Waals surface area contributed by atoms with Gasteiger partial charge in [-0.05, 0) is 33.1 Å². The van der Waals surface area contributed by atoms with Gasteiger partial charge >= 0.3 is 6.03 Å². The second kappa shape index (κ2) is 5.59. The molecule has 2 aliphatic rings. The molecule has 0 bridgehead atoms. The minimum atomic E-state index is -0.132. The molecule has 5 nitrogen and oxygen atoms in total. The Kier molecular flexibility index (Phi) is 4.09. The lowest BCUT2D eigenvalue weighted by Crippen LogP contribution is -2.46. The van der Waals surface area contributed by atoms with Crippen LogP contribution in [0.1, 0.15) is 39.5 Å². The molecular weight excluding hydrogens is 230 g/mol. The molecule has 102 valence electrons. The van der Waals surface area contributed by atoms with E-state index in [1.807, 2.05) is 18.7 Å². The molecule has 1 aliphatic heterocycles. The van der Waals surface area contributed by atoms with Gasteiger partial charge in [-0.1, -0.05) is 6.42 Å². The molecule has 5 heteroatoms. The molecular formula is C13H23N3O2. The molecule has 0 aromatic rings. The lowest BCUT2D eigenvalue weighted by atomic mass is 9.84. The van der Waals surface area contributed by atoms with Crippen LogP contribution in [0, 0.1) is 5.92 Å². The molecule has 0 spiro atoms. The maximum atomic E-state index is 12.0. The van der Waals surface area contributed by atoms with Crippen LogP contribution in [-0.4, -0.2) is 42.0 Å². The summed E-state index contributed by atoms with van der Waals surface area (Å²) in [6.45, 7) is 5.31. The van der Waals surface area contributed by atoms with Gasteiger partial charge in [0.1, 0.15) is 0 Å². The van der Waals surface area contributed by atoms with Gasteiger partial charge in [0.25, 0.3) is 0 Å². The van der Waals surface area contributed by atoms with Gasteiger partial charge in [0.2, 0.25) is 5.91 Å². The number of hydrogen-bond acceptors (Lipinski definition) is 2. The van der Waals surface area contributed by atoms with Crippen LogP contribution in [0.3, 0.4) is 0 Å². The fourth-order valence-electron chi connectivity index (χ4n) is 2.48. The number of urea groups is 1. The van der Waals surface area contributed by atoms with Gasteiger partial charge < -0.3 is 15.5 Å². The number of likely N-dealkylation sites (tertiary alicyclic amines) is 1. The maximum Gasteiger partial charge on any atom is 0.315 e. The van der Waals surface area contributed by atoms with Gasteiger partial charge in [-0.3, -0.25) is 4.79 Å². The van der Waals surface area contributed by atoms with E-state index in [0.717, 1.165) is 25.8 Å². The molecule has 0 aromatic heterocycles. The fourth-order valence-corrected chi connectivity index (χ4v) is 2.48. The zero-order valence-corrected chi connectivity index (χ0v) is 11.2. The van der Waals surface area contributed by atoms with Crippen LogP contribution in [0.2, 0.25) is 0 Å². The van der Waals surface area contributed by atoms with Crippen LogP contribution in [-0.2, 0) is 4.79 Å². The monoisotopic (exact) mass is 253 g/mol. The largest absolute Gasteiger partial charge is 0.340 e. The first-order valence-electron chi connectivity index (χ1n) is 6.92. The number of nitrogens with zero attached hydrogens (tertiary/aromatic N) is 1. The van der Waals surface area contributed by atoms with Gasteiger partial charge in [-0.15, -0.1) is 0 Å². The summed E-state index contributed by atoms with van der Waals surface area (Å²) in [5.41, 5.74) is 0. The summed E-state index contributed by atoms with van der Waals surface area (Å²) in [6.07, 6.45) is 4.13. The van der Waals surface area contributed by atoms with Crippen molar-refractivity contribution in [1.29, 1.82) is 0 Å². The van der Waals surface area contributed by atoms with E-state index in [2.05, 4.69) is 10.6 Å². The van der Waals surface area contributed by atoms with Gasteiger partial charge in [-0.2, -0.15) is 0 Å². The number of amides is 3. The molecule has 1 aliphatic carbocycles. The third-order valence-electron chi connectivity index (χ3n) is 3.71. The van der Waals surface area contributed by atoms with E-state index in [4.69, 9.17) is 0 Å². The quantitative estimate of drug-likeness (QED) is 0.791. The molecule has 18 heavy (non-hydrogen) atoms. The predicted octanol–water partition coefficient (Wildman–Crippen LogP) is 1.09. The summed E-state index contributed by atoms with van der Waals surface area (Å²) in [6, 6.07) is 0.111. The van der Waals surface area contributed by atoms with E-state index in [1.54, 1.807) is 0 Å². The number of nitrogens with one attached hydrogen (secondary N) is 2. The van der Waals surface area contributed by atoms with Crippen molar-refractivity contribution in [1.82, 2.24) is 15.5 Å². The van der Waals surface area contributed by atoms with E-state index in [-0.39, 0.29) is 29.9 Å². The van der Waals surface area contributed by atoms with Gasteiger partial charge in [-0.25, -0.2) is 4.79 Å². The average Bonchev–Trinajstić information content (AvgIpc) is 2.61. The van der Waals surface area contributed by atoms with Crippen LogP contribution in [0.25, 0.3) is 0 Å². The van der Waals surface area contributed by atoms with Crippen LogP contribution < -0.4 is 10.6 Å². The van der Waals surface area contributed by atoms with E-state index >= 15 is 0 Å². The Labute approximate surface area is 108 Å². The third-order valence-corrected chi connectivity index (χ3v) is 3.71. The Balaban J connectivity index is 1.74. The maximum absolute atomic E-state index is 12.0. The minimum Gasteiger partial charge on any atom is -0.340 e. The van der Waals surface area contributed by atoms with Gasteiger partial charge in [0, 0.05) is 31.1 Å². The van der Waals surface area contributed by atoms with Crippen molar-refractivity contribution < 1.29 is 9.59 Å². The summed E-state index contributed by atoms with van der Waals surface area (Å²) in [5, 5.41) is 5.73. The summed E-state index contributed by atoms with van der Waals surface area (Å²) in [4.78, 5) is 25.5. The van der Waals surface area contributed by atoms with E-state index < -0.39 is 0 Å². The highest BCUT2D eigenvalue weighted by Crippen LogP contribution is 2.29. The minimum absolute atomic E-state index is 0.104. The number of hydrogen-bond donors (Lipinski definition) is 2. The average molecular weight is 253 g/mol. The Morgan fingerprint density at radius 1 is 1.22 bits per heavy atom. The van der Waals surface area contributed by atoms with Crippen molar-refractivity contribution in [2.24, 2.45) is 5.92 Å². The molecule has 3 amide bonds. The Morgan fingerprint density at radius 3 is 2.50 bits per heavy atom. The zero-order chi connectivity index (χ0) is 13.1. The van der Waals surface area contributed by atoms with Crippen LogP contribution in [0.4, 0.5) is 4.79 Å². The number of rotatable bonds is 3. The second-order valence-corrected chi connectivity index (χ2v) is 5.67. The van der Waals surface area contributed by atoms with Crippen LogP contribution in [0.15, 0.2) is 0 Å². The summed E-state index contributed by atoms with van der Waals surface area (Å²) >= 11 is 0. The molecule has 1 atom stereocenters. The SMILES string of the molecule is CC(C)NC(=O)N[C@@H]1CCN(C(=O)C2CCC2)C1. The normalized spacial score (nSPS) is 23.9. The van der Waals surface area contributed by atoms with Crippen molar-refractivity contribution in [3.05, 3.63) is 0 Å². The van der Waals surface area contributed by atoms with Crippen molar-refractivity contribution in [2.45, 2.75) is 51.6 Å². The second-order valence-electron chi connectivity index (χ2n) is 5.67. The summed E-state index contributed by atoms with van der Waals surface area (Å²) < 4.78 is 0. The summed E-state index contributed by atoms with van der Waals surface area (Å²) in [5.74, 6) is 0.544. The first-order chi connectivity index (χ1) is 8.56. The molecule has 1 saturated carbocycles. The molecule has 2 N–H and O–H groups in total. The highest BCUT2D eigenvalue weighted by molar-refractivity contribution is 5.80. The van der Waals surface area contributed by atoms with Crippen molar-refractivity contribution in [3.8, 4) is 0 Å². The number of carbonyl (C=O) groups is 2. The van der Waals surface area contributed by atoms with E-state index in [1.165, 1.54) is 6.42 Å². The van der Waals surface area contributed by atoms with Crippen LogP contribution in [0.5, 0.6) is 0 Å². The third kappa shape index (κ3) is 3.15. The first-order valence-corrected chi connectivity index (χ1v) is 6.92. The molecule has 0 aromatic carbocycles. The fraction of sp³-hybridized carbons (Fsp3) is 0.846. The first kappa shape index (κ1) is 13.2. The molecule has 0 unspecified atom stereocenters. The molecule has 1 saturated heterocycles. The van der Waals surface area contributed by atoms with Gasteiger partial charge in [0.05, 0.1) is 0 Å². The standard InChI is InChI=1S/C13H23N3O2/c1-9(2)14-13(18)15-11-6-7-16(8-11)12(17)10-4-3-5-10/h9-11H,3-8H2,1-2H3,(H2,14,15,18)/t11-/m1/s1. The highest BCUT2D eigenvalue weighted by Gasteiger charge is 2.34. The summed E-state index contributed by atoms with van der Waals surface area (Å²) in [7, 11) is 0. The smallest absolute Gasteiger partial charge is 0.315 e. The molecule has 1 heterocycles. The van der Waals surface area contributed by atoms with Crippen molar-refractivity contribution >= 4 is 11.9 Å². The number of carbonyl (C=O) groups excluding carboxylic acids is 2. The lowest BCUT2D eigenvalue weighted by molar-refractivity contribution is -0.137.